The molecule has 1 N–H and O–H groups in total. The zero-order valence-corrected chi connectivity index (χ0v) is 11.2. The Morgan fingerprint density at radius 2 is 1.61 bits per heavy atom. The first-order valence-corrected chi connectivity index (χ1v) is 6.63. The lowest BCUT2D eigenvalue weighted by atomic mass is 9.93. The second-order valence-electron chi connectivity index (χ2n) is 4.63. The van der Waals surface area contributed by atoms with Crippen LogP contribution >= 0.6 is 11.6 Å². The number of halogens is 1. The van der Waals surface area contributed by atoms with Crippen molar-refractivity contribution < 1.29 is 5.11 Å². The van der Waals surface area contributed by atoms with Crippen molar-refractivity contribution in [2.24, 2.45) is 0 Å². The van der Waals surface area contributed by atoms with Gasteiger partial charge in [-0.3, -0.25) is 0 Å². The van der Waals surface area contributed by atoms with Crippen LogP contribution < -0.4 is 0 Å². The summed E-state index contributed by atoms with van der Waals surface area (Å²) in [6.07, 6.45) is 0.896. The maximum atomic E-state index is 9.27. The molecular weight excluding hydrogens is 244 g/mol. The summed E-state index contributed by atoms with van der Waals surface area (Å²) >= 11 is 6.07. The zero-order chi connectivity index (χ0) is 13.0. The summed E-state index contributed by atoms with van der Waals surface area (Å²) < 4.78 is 0. The van der Waals surface area contributed by atoms with E-state index in [2.05, 4.69) is 31.2 Å². The first-order chi connectivity index (χ1) is 8.69. The standard InChI is InChI=1S/C16H17ClO/c1-12-2-6-14(7-3-12)15(11-17)10-13-4-8-16(18)9-5-13/h2-9,15,18H,10-11H2,1H3. The first-order valence-electron chi connectivity index (χ1n) is 6.09. The van der Waals surface area contributed by atoms with Gasteiger partial charge in [-0.15, -0.1) is 11.6 Å². The van der Waals surface area contributed by atoms with Gasteiger partial charge in [0.05, 0.1) is 0 Å². The number of alkyl halides is 1. The van der Waals surface area contributed by atoms with Gasteiger partial charge in [0.2, 0.25) is 0 Å². The van der Waals surface area contributed by atoms with E-state index < -0.39 is 0 Å². The van der Waals surface area contributed by atoms with Crippen LogP contribution in [-0.2, 0) is 6.42 Å². The molecule has 0 aliphatic heterocycles. The third-order valence-electron chi connectivity index (χ3n) is 3.15. The van der Waals surface area contributed by atoms with Crippen LogP contribution in [0.1, 0.15) is 22.6 Å². The van der Waals surface area contributed by atoms with Crippen molar-refractivity contribution in [2.75, 3.05) is 5.88 Å². The van der Waals surface area contributed by atoms with Crippen LogP contribution in [0.25, 0.3) is 0 Å². The van der Waals surface area contributed by atoms with Crippen molar-refractivity contribution in [3.63, 3.8) is 0 Å². The minimum absolute atomic E-state index is 0.302. The number of phenolic OH excluding ortho intramolecular Hbond substituents is 1. The maximum absolute atomic E-state index is 9.27. The molecule has 0 amide bonds. The molecule has 0 aliphatic carbocycles. The number of hydrogen-bond donors (Lipinski definition) is 1. The van der Waals surface area contributed by atoms with E-state index in [0.717, 1.165) is 6.42 Å². The zero-order valence-electron chi connectivity index (χ0n) is 10.4. The molecule has 0 saturated carbocycles. The van der Waals surface area contributed by atoms with Gasteiger partial charge in [-0.05, 0) is 36.6 Å². The molecule has 0 heterocycles. The van der Waals surface area contributed by atoms with Crippen molar-refractivity contribution in [1.82, 2.24) is 0 Å². The van der Waals surface area contributed by atoms with E-state index in [1.165, 1.54) is 16.7 Å². The number of phenols is 1. The van der Waals surface area contributed by atoms with Gasteiger partial charge in [0.1, 0.15) is 5.75 Å². The quantitative estimate of drug-likeness (QED) is 0.814. The Morgan fingerprint density at radius 1 is 1.00 bits per heavy atom. The van der Waals surface area contributed by atoms with Gasteiger partial charge in [-0.2, -0.15) is 0 Å². The number of aromatic hydroxyl groups is 1. The van der Waals surface area contributed by atoms with Crippen LogP contribution in [0.2, 0.25) is 0 Å². The molecule has 0 spiro atoms. The summed E-state index contributed by atoms with van der Waals surface area (Å²) in [6.45, 7) is 2.08. The fourth-order valence-corrected chi connectivity index (χ4v) is 2.30. The highest BCUT2D eigenvalue weighted by Gasteiger charge is 2.11. The molecule has 0 aliphatic rings. The summed E-state index contributed by atoms with van der Waals surface area (Å²) in [7, 11) is 0. The Balaban J connectivity index is 2.14. The molecule has 0 bridgehead atoms. The molecule has 0 fully saturated rings. The highest BCUT2D eigenvalue weighted by atomic mass is 35.5. The van der Waals surface area contributed by atoms with Gasteiger partial charge in [-0.25, -0.2) is 0 Å². The van der Waals surface area contributed by atoms with Crippen molar-refractivity contribution in [2.45, 2.75) is 19.3 Å². The van der Waals surface area contributed by atoms with Crippen molar-refractivity contribution >= 4 is 11.6 Å². The van der Waals surface area contributed by atoms with E-state index in [1.807, 2.05) is 12.1 Å². The summed E-state index contributed by atoms with van der Waals surface area (Å²) in [4.78, 5) is 0. The van der Waals surface area contributed by atoms with Crippen molar-refractivity contribution in [3.8, 4) is 5.75 Å². The molecule has 1 unspecified atom stereocenters. The second-order valence-corrected chi connectivity index (χ2v) is 4.94. The third-order valence-corrected chi connectivity index (χ3v) is 3.53. The summed E-state index contributed by atoms with van der Waals surface area (Å²) in [5.41, 5.74) is 3.72. The second kappa shape index (κ2) is 5.92. The molecule has 1 nitrogen and oxygen atoms in total. The topological polar surface area (TPSA) is 20.2 Å². The lowest BCUT2D eigenvalue weighted by molar-refractivity contribution is 0.475. The molecule has 1 atom stereocenters. The van der Waals surface area contributed by atoms with Gasteiger partial charge in [0, 0.05) is 11.8 Å². The Kier molecular flexibility index (Phi) is 4.27. The third kappa shape index (κ3) is 3.27. The number of rotatable bonds is 4. The number of benzene rings is 2. The van der Waals surface area contributed by atoms with Crippen LogP contribution in [0.15, 0.2) is 48.5 Å². The summed E-state index contributed by atoms with van der Waals surface area (Å²) in [5, 5.41) is 9.27. The fourth-order valence-electron chi connectivity index (χ4n) is 2.02. The van der Waals surface area contributed by atoms with Gasteiger partial charge >= 0.3 is 0 Å². The van der Waals surface area contributed by atoms with Crippen LogP contribution in [0.3, 0.4) is 0 Å². The van der Waals surface area contributed by atoms with E-state index in [1.54, 1.807) is 12.1 Å². The van der Waals surface area contributed by atoms with Crippen LogP contribution in [0, 0.1) is 6.92 Å². The molecule has 2 aromatic rings. The van der Waals surface area contributed by atoms with Gasteiger partial charge in [0.25, 0.3) is 0 Å². The van der Waals surface area contributed by atoms with Gasteiger partial charge in [0.15, 0.2) is 0 Å². The average molecular weight is 261 g/mol. The monoisotopic (exact) mass is 260 g/mol. The first kappa shape index (κ1) is 13.0. The van der Waals surface area contributed by atoms with E-state index in [4.69, 9.17) is 11.6 Å². The summed E-state index contributed by atoms with van der Waals surface area (Å²) in [5.74, 6) is 1.22. The molecule has 0 saturated heterocycles. The fraction of sp³-hybridized carbons (Fsp3) is 0.250. The summed E-state index contributed by atoms with van der Waals surface area (Å²) in [6, 6.07) is 15.8. The Bertz CT molecular complexity index is 488. The predicted molar refractivity (Wildman–Crippen MR) is 76.5 cm³/mol. The lowest BCUT2D eigenvalue weighted by Crippen LogP contribution is -2.04. The molecule has 2 aromatic carbocycles. The number of hydrogen-bond acceptors (Lipinski definition) is 1. The van der Waals surface area contributed by atoms with E-state index >= 15 is 0 Å². The van der Waals surface area contributed by atoms with E-state index in [9.17, 15) is 5.11 Å². The number of aryl methyl sites for hydroxylation is 1. The Labute approximate surface area is 113 Å². The largest absolute Gasteiger partial charge is 0.508 e. The van der Waals surface area contributed by atoms with Gasteiger partial charge in [-0.1, -0.05) is 42.0 Å². The normalized spacial score (nSPS) is 12.3. The van der Waals surface area contributed by atoms with Crippen LogP contribution in [-0.4, -0.2) is 11.0 Å². The maximum Gasteiger partial charge on any atom is 0.115 e. The SMILES string of the molecule is Cc1ccc(C(CCl)Cc2ccc(O)cc2)cc1. The molecule has 18 heavy (non-hydrogen) atoms. The molecule has 0 radical (unpaired) electrons. The van der Waals surface area contributed by atoms with Crippen LogP contribution in [0.5, 0.6) is 5.75 Å². The predicted octanol–water partition coefficient (Wildman–Crippen LogP) is 4.27. The average Bonchev–Trinajstić information content (AvgIpc) is 2.39. The van der Waals surface area contributed by atoms with Crippen molar-refractivity contribution in [3.05, 3.63) is 65.2 Å². The van der Waals surface area contributed by atoms with E-state index in [-0.39, 0.29) is 0 Å². The molecule has 94 valence electrons. The lowest BCUT2D eigenvalue weighted by Gasteiger charge is -2.14. The minimum Gasteiger partial charge on any atom is -0.508 e. The minimum atomic E-state index is 0.302. The molecule has 2 heteroatoms. The van der Waals surface area contributed by atoms with Crippen molar-refractivity contribution in [1.29, 1.82) is 0 Å². The molecular formula is C16H17ClO. The van der Waals surface area contributed by atoms with E-state index in [0.29, 0.717) is 17.5 Å². The van der Waals surface area contributed by atoms with Gasteiger partial charge < -0.3 is 5.11 Å². The highest BCUT2D eigenvalue weighted by Crippen LogP contribution is 2.23. The molecule has 2 rings (SSSR count). The smallest absolute Gasteiger partial charge is 0.115 e. The molecule has 0 aromatic heterocycles. The van der Waals surface area contributed by atoms with Crippen LogP contribution in [0.4, 0.5) is 0 Å². The highest BCUT2D eigenvalue weighted by molar-refractivity contribution is 6.18. The Hall–Kier alpha value is -1.47. The Morgan fingerprint density at radius 3 is 2.17 bits per heavy atom.